The monoisotopic (exact) mass is 275 g/mol. The molecule has 1 aromatic rings. The van der Waals surface area contributed by atoms with Crippen LogP contribution >= 0.6 is 0 Å². The van der Waals surface area contributed by atoms with Crippen molar-refractivity contribution >= 4 is 5.91 Å². The highest BCUT2D eigenvalue weighted by Crippen LogP contribution is 2.17. The van der Waals surface area contributed by atoms with E-state index in [1.807, 2.05) is 0 Å². The van der Waals surface area contributed by atoms with Crippen LogP contribution in [-0.2, 0) is 0 Å². The number of aliphatic hydroxyl groups is 1. The van der Waals surface area contributed by atoms with Crippen LogP contribution in [0.2, 0.25) is 0 Å². The lowest BCUT2D eigenvalue weighted by molar-refractivity contribution is 0.0816. The molecule has 2 N–H and O–H groups in total. The van der Waals surface area contributed by atoms with Gasteiger partial charge in [0, 0.05) is 5.56 Å². The molecule has 0 spiro atoms. The third-order valence-electron chi connectivity index (χ3n) is 3.28. The van der Waals surface area contributed by atoms with Crippen LogP contribution in [0.1, 0.15) is 37.0 Å². The molecule has 1 amide bonds. The Hall–Kier alpha value is -1.56. The van der Waals surface area contributed by atoms with E-state index < -0.39 is 28.9 Å². The summed E-state index contributed by atoms with van der Waals surface area (Å²) in [5.41, 5.74) is -1.17. The Morgan fingerprint density at radius 2 is 1.68 bits per heavy atom. The Bertz CT molecular complexity index is 442. The predicted molar refractivity (Wildman–Crippen MR) is 64.2 cm³/mol. The number of carbonyl (C=O) groups is 1. The minimum Gasteiger partial charge on any atom is -0.394 e. The molecule has 0 aliphatic carbocycles. The van der Waals surface area contributed by atoms with Crippen molar-refractivity contribution in [1.29, 1.82) is 0 Å². The summed E-state index contributed by atoms with van der Waals surface area (Å²) < 4.78 is 38.9. The quantitative estimate of drug-likeness (QED) is 0.811. The molecule has 106 valence electrons. The van der Waals surface area contributed by atoms with E-state index in [9.17, 15) is 23.1 Å². The summed E-state index contributed by atoms with van der Waals surface area (Å²) in [5, 5.41) is 11.8. The van der Waals surface area contributed by atoms with Gasteiger partial charge in [0.05, 0.1) is 12.1 Å². The molecule has 0 aliphatic heterocycles. The van der Waals surface area contributed by atoms with Gasteiger partial charge in [-0.15, -0.1) is 0 Å². The highest BCUT2D eigenvalue weighted by Gasteiger charge is 2.28. The van der Waals surface area contributed by atoms with Crippen molar-refractivity contribution < 1.29 is 23.1 Å². The first-order valence-electron chi connectivity index (χ1n) is 5.97. The number of halogens is 3. The average Bonchev–Trinajstić information content (AvgIpc) is 2.41. The van der Waals surface area contributed by atoms with Crippen LogP contribution < -0.4 is 5.32 Å². The van der Waals surface area contributed by atoms with Crippen LogP contribution in [0.15, 0.2) is 12.1 Å². The summed E-state index contributed by atoms with van der Waals surface area (Å²) in [6.45, 7) is 3.25. The fraction of sp³-hybridized carbons (Fsp3) is 0.462. The van der Waals surface area contributed by atoms with Crippen molar-refractivity contribution in [2.24, 2.45) is 0 Å². The van der Waals surface area contributed by atoms with Gasteiger partial charge in [-0.05, 0) is 25.0 Å². The average molecular weight is 275 g/mol. The number of rotatable bonds is 5. The van der Waals surface area contributed by atoms with Gasteiger partial charge in [0.2, 0.25) is 0 Å². The standard InChI is InChI=1S/C13H16F3NO2/c1-3-13(4-2,7-18)17-12(19)8-5-9(14)11(16)10(15)6-8/h5-6,18H,3-4,7H2,1-2H3,(H,17,19). The number of hydrogen-bond donors (Lipinski definition) is 2. The zero-order valence-corrected chi connectivity index (χ0v) is 10.8. The van der Waals surface area contributed by atoms with Gasteiger partial charge < -0.3 is 10.4 Å². The molecule has 0 unspecified atom stereocenters. The van der Waals surface area contributed by atoms with E-state index in [0.29, 0.717) is 25.0 Å². The van der Waals surface area contributed by atoms with E-state index in [4.69, 9.17) is 0 Å². The number of benzene rings is 1. The van der Waals surface area contributed by atoms with Gasteiger partial charge in [-0.25, -0.2) is 13.2 Å². The van der Waals surface area contributed by atoms with Crippen molar-refractivity contribution in [3.8, 4) is 0 Å². The molecule has 1 aromatic carbocycles. The lowest BCUT2D eigenvalue weighted by atomic mass is 9.93. The fourth-order valence-corrected chi connectivity index (χ4v) is 1.69. The normalized spacial score (nSPS) is 11.5. The van der Waals surface area contributed by atoms with Gasteiger partial charge >= 0.3 is 0 Å². The van der Waals surface area contributed by atoms with Gasteiger partial charge in [-0.2, -0.15) is 0 Å². The Morgan fingerprint density at radius 1 is 1.21 bits per heavy atom. The highest BCUT2D eigenvalue weighted by molar-refractivity contribution is 5.94. The Kier molecular flexibility index (Phi) is 4.94. The summed E-state index contributed by atoms with van der Waals surface area (Å²) in [5.74, 6) is -5.22. The van der Waals surface area contributed by atoms with Gasteiger partial charge in [-0.3, -0.25) is 4.79 Å². The Balaban J connectivity index is 3.01. The lowest BCUT2D eigenvalue weighted by Crippen LogP contribution is -2.50. The van der Waals surface area contributed by atoms with E-state index in [-0.39, 0.29) is 12.2 Å². The molecule has 0 fully saturated rings. The van der Waals surface area contributed by atoms with Crippen LogP contribution in [-0.4, -0.2) is 23.2 Å². The molecule has 6 heteroatoms. The first-order chi connectivity index (χ1) is 8.89. The van der Waals surface area contributed by atoms with Crippen LogP contribution in [0.5, 0.6) is 0 Å². The molecule has 0 aliphatic rings. The molecule has 0 bridgehead atoms. The van der Waals surface area contributed by atoms with Crippen molar-refractivity contribution in [2.75, 3.05) is 6.61 Å². The van der Waals surface area contributed by atoms with Crippen molar-refractivity contribution in [1.82, 2.24) is 5.32 Å². The molecule has 0 atom stereocenters. The van der Waals surface area contributed by atoms with Gasteiger partial charge in [0.15, 0.2) is 17.5 Å². The van der Waals surface area contributed by atoms with Crippen LogP contribution in [0.25, 0.3) is 0 Å². The number of carbonyl (C=O) groups excluding carboxylic acids is 1. The van der Waals surface area contributed by atoms with Gasteiger partial charge in [-0.1, -0.05) is 13.8 Å². The molecule has 0 heterocycles. The minimum atomic E-state index is -1.61. The number of amides is 1. The molecule has 0 saturated heterocycles. The van der Waals surface area contributed by atoms with Crippen LogP contribution in [0.4, 0.5) is 13.2 Å². The zero-order chi connectivity index (χ0) is 14.6. The summed E-state index contributed by atoms with van der Waals surface area (Å²) in [6.07, 6.45) is 0.912. The molecule has 3 nitrogen and oxygen atoms in total. The first-order valence-corrected chi connectivity index (χ1v) is 5.97. The molecule has 19 heavy (non-hydrogen) atoms. The van der Waals surface area contributed by atoms with Gasteiger partial charge in [0.25, 0.3) is 5.91 Å². The van der Waals surface area contributed by atoms with Crippen LogP contribution in [0.3, 0.4) is 0 Å². The lowest BCUT2D eigenvalue weighted by Gasteiger charge is -2.30. The Morgan fingerprint density at radius 3 is 2.05 bits per heavy atom. The third kappa shape index (κ3) is 3.26. The maximum absolute atomic E-state index is 13.0. The zero-order valence-electron chi connectivity index (χ0n) is 10.8. The number of aliphatic hydroxyl groups excluding tert-OH is 1. The molecule has 0 saturated carbocycles. The molecule has 0 radical (unpaired) electrons. The highest BCUT2D eigenvalue weighted by atomic mass is 19.2. The van der Waals surface area contributed by atoms with Crippen molar-refractivity contribution in [3.63, 3.8) is 0 Å². The second-order valence-corrected chi connectivity index (χ2v) is 4.35. The number of nitrogens with one attached hydrogen (secondary N) is 1. The van der Waals surface area contributed by atoms with E-state index in [1.165, 1.54) is 0 Å². The SMILES string of the molecule is CCC(CC)(CO)NC(=O)c1cc(F)c(F)c(F)c1. The third-order valence-corrected chi connectivity index (χ3v) is 3.28. The van der Waals surface area contributed by atoms with Crippen molar-refractivity contribution in [3.05, 3.63) is 35.1 Å². The van der Waals surface area contributed by atoms with E-state index >= 15 is 0 Å². The van der Waals surface area contributed by atoms with E-state index in [2.05, 4.69) is 5.32 Å². The van der Waals surface area contributed by atoms with Crippen molar-refractivity contribution in [2.45, 2.75) is 32.2 Å². The first kappa shape index (κ1) is 15.5. The number of hydrogen-bond acceptors (Lipinski definition) is 2. The maximum Gasteiger partial charge on any atom is 0.252 e. The summed E-state index contributed by atoms with van der Waals surface area (Å²) in [4.78, 5) is 11.9. The summed E-state index contributed by atoms with van der Waals surface area (Å²) in [7, 11) is 0. The largest absolute Gasteiger partial charge is 0.394 e. The molecular weight excluding hydrogens is 259 g/mol. The molecule has 0 aromatic heterocycles. The minimum absolute atomic E-state index is 0.294. The van der Waals surface area contributed by atoms with E-state index in [0.717, 1.165) is 0 Å². The summed E-state index contributed by atoms with van der Waals surface area (Å²) in [6, 6.07) is 1.25. The topological polar surface area (TPSA) is 49.3 Å². The smallest absolute Gasteiger partial charge is 0.252 e. The van der Waals surface area contributed by atoms with E-state index in [1.54, 1.807) is 13.8 Å². The van der Waals surface area contributed by atoms with Crippen LogP contribution in [0, 0.1) is 17.5 Å². The predicted octanol–water partition coefficient (Wildman–Crippen LogP) is 2.38. The van der Waals surface area contributed by atoms with Gasteiger partial charge in [0.1, 0.15) is 0 Å². The fourth-order valence-electron chi connectivity index (χ4n) is 1.69. The Labute approximate surface area is 109 Å². The molecule has 1 rings (SSSR count). The maximum atomic E-state index is 13.0. The molecular formula is C13H16F3NO2. The second kappa shape index (κ2) is 6.06. The summed E-state index contributed by atoms with van der Waals surface area (Å²) >= 11 is 0. The second-order valence-electron chi connectivity index (χ2n) is 4.35.